The molecule has 5 rings (SSSR count). The van der Waals surface area contributed by atoms with Crippen molar-refractivity contribution in [3.63, 3.8) is 0 Å². The van der Waals surface area contributed by atoms with Crippen LogP contribution in [0.4, 0.5) is 0 Å². The van der Waals surface area contributed by atoms with E-state index < -0.39 is 0 Å². The van der Waals surface area contributed by atoms with Crippen LogP contribution in [-0.2, 0) is 5.75 Å². The summed E-state index contributed by atoms with van der Waals surface area (Å²) < 4.78 is 7.60. The monoisotopic (exact) mass is 481 g/mol. The summed E-state index contributed by atoms with van der Waals surface area (Å²) in [5.74, 6) is 2.91. The summed E-state index contributed by atoms with van der Waals surface area (Å²) in [6.07, 6.45) is 5.98. The highest BCUT2D eigenvalue weighted by Gasteiger charge is 2.24. The van der Waals surface area contributed by atoms with E-state index in [4.69, 9.17) is 9.72 Å². The molecule has 7 nitrogen and oxygen atoms in total. The number of H-pyrrole nitrogens is 1. The van der Waals surface area contributed by atoms with Gasteiger partial charge in [-0.25, -0.2) is 4.98 Å². The summed E-state index contributed by atoms with van der Waals surface area (Å²) in [4.78, 5) is 22.3. The Hall–Kier alpha value is -2.65. The van der Waals surface area contributed by atoms with Crippen LogP contribution in [0, 0.1) is 13.8 Å². The summed E-state index contributed by atoms with van der Waals surface area (Å²) >= 11 is 3.16. The molecule has 1 saturated carbocycles. The van der Waals surface area contributed by atoms with Crippen LogP contribution in [0.5, 0.6) is 5.75 Å². The zero-order valence-corrected chi connectivity index (χ0v) is 20.7. The summed E-state index contributed by atoms with van der Waals surface area (Å²) in [5, 5.41) is 10.7. The minimum absolute atomic E-state index is 0.0647. The predicted octanol–water partition coefficient (Wildman–Crippen LogP) is 5.67. The fourth-order valence-electron chi connectivity index (χ4n) is 4.48. The molecule has 0 aliphatic heterocycles. The first-order chi connectivity index (χ1) is 16.0. The van der Waals surface area contributed by atoms with Gasteiger partial charge >= 0.3 is 0 Å². The number of hydrogen-bond acceptors (Lipinski definition) is 7. The number of benzene rings is 1. The van der Waals surface area contributed by atoms with Crippen molar-refractivity contribution >= 4 is 33.3 Å². The number of ether oxygens (including phenoxy) is 1. The Morgan fingerprint density at radius 3 is 2.64 bits per heavy atom. The number of aromatic amines is 1. The largest absolute Gasteiger partial charge is 0.497 e. The molecular formula is C24H27N5O2S2. The van der Waals surface area contributed by atoms with Gasteiger partial charge in [-0.15, -0.1) is 21.5 Å². The normalized spacial score (nSPS) is 14.8. The van der Waals surface area contributed by atoms with E-state index in [1.54, 1.807) is 30.2 Å². The second-order valence-corrected chi connectivity index (χ2v) is 10.6. The molecule has 0 atom stereocenters. The lowest BCUT2D eigenvalue weighted by atomic mass is 9.95. The first-order valence-corrected chi connectivity index (χ1v) is 13.1. The number of nitrogens with zero attached hydrogens (tertiary/aromatic N) is 4. The highest BCUT2D eigenvalue weighted by Crippen LogP contribution is 2.36. The minimum Gasteiger partial charge on any atom is -0.497 e. The van der Waals surface area contributed by atoms with E-state index in [-0.39, 0.29) is 5.56 Å². The van der Waals surface area contributed by atoms with Crippen molar-refractivity contribution in [1.29, 1.82) is 0 Å². The van der Waals surface area contributed by atoms with Crippen LogP contribution in [0.1, 0.15) is 54.4 Å². The van der Waals surface area contributed by atoms with Gasteiger partial charge in [0.05, 0.1) is 18.2 Å². The third-order valence-corrected chi connectivity index (χ3v) is 8.43. The van der Waals surface area contributed by atoms with Gasteiger partial charge in [0.25, 0.3) is 5.56 Å². The molecule has 1 aromatic carbocycles. The lowest BCUT2D eigenvalue weighted by Gasteiger charge is -2.25. The third kappa shape index (κ3) is 4.31. The molecule has 172 valence electrons. The number of methoxy groups -OCH3 is 1. The Morgan fingerprint density at radius 1 is 1.15 bits per heavy atom. The highest BCUT2D eigenvalue weighted by molar-refractivity contribution is 7.98. The number of rotatable bonds is 6. The topological polar surface area (TPSA) is 85.7 Å². The molecule has 3 aromatic heterocycles. The summed E-state index contributed by atoms with van der Waals surface area (Å²) in [6, 6.07) is 8.36. The van der Waals surface area contributed by atoms with E-state index in [0.29, 0.717) is 23.0 Å². The van der Waals surface area contributed by atoms with E-state index in [1.807, 2.05) is 38.1 Å². The molecule has 0 unspecified atom stereocenters. The Labute approximate surface area is 200 Å². The fraction of sp³-hybridized carbons (Fsp3) is 0.417. The van der Waals surface area contributed by atoms with E-state index in [0.717, 1.165) is 50.4 Å². The maximum Gasteiger partial charge on any atom is 0.259 e. The Morgan fingerprint density at radius 2 is 1.91 bits per heavy atom. The lowest BCUT2D eigenvalue weighted by Crippen LogP contribution is -2.15. The molecule has 0 amide bonds. The van der Waals surface area contributed by atoms with Crippen molar-refractivity contribution in [2.45, 2.75) is 62.9 Å². The zero-order chi connectivity index (χ0) is 22.9. The first-order valence-electron chi connectivity index (χ1n) is 11.3. The minimum atomic E-state index is -0.0647. The van der Waals surface area contributed by atoms with Gasteiger partial charge in [0.1, 0.15) is 16.4 Å². The Bertz CT molecular complexity index is 1330. The fourth-order valence-corrected chi connectivity index (χ4v) is 6.41. The second kappa shape index (κ2) is 9.30. The summed E-state index contributed by atoms with van der Waals surface area (Å²) in [5.41, 5.74) is 1.98. The molecule has 1 aliphatic carbocycles. The summed E-state index contributed by atoms with van der Waals surface area (Å²) in [6.45, 7) is 4.01. The molecular weight excluding hydrogens is 454 g/mol. The van der Waals surface area contributed by atoms with Crippen molar-refractivity contribution in [3.05, 3.63) is 50.9 Å². The molecule has 3 heterocycles. The van der Waals surface area contributed by atoms with Gasteiger partial charge in [-0.2, -0.15) is 0 Å². The highest BCUT2D eigenvalue weighted by atomic mass is 32.2. The predicted molar refractivity (Wildman–Crippen MR) is 133 cm³/mol. The second-order valence-electron chi connectivity index (χ2n) is 8.46. The van der Waals surface area contributed by atoms with Crippen LogP contribution in [0.15, 0.2) is 34.2 Å². The third-order valence-electron chi connectivity index (χ3n) is 6.38. The maximum absolute atomic E-state index is 12.7. The molecule has 0 radical (unpaired) electrons. The van der Waals surface area contributed by atoms with E-state index >= 15 is 0 Å². The van der Waals surface area contributed by atoms with E-state index in [2.05, 4.69) is 19.7 Å². The van der Waals surface area contributed by atoms with Gasteiger partial charge < -0.3 is 9.72 Å². The molecule has 1 fully saturated rings. The smallest absolute Gasteiger partial charge is 0.259 e. The van der Waals surface area contributed by atoms with Gasteiger partial charge in [-0.05, 0) is 56.5 Å². The van der Waals surface area contributed by atoms with Crippen LogP contribution in [0.25, 0.3) is 21.6 Å². The average Bonchev–Trinajstić information content (AvgIpc) is 3.39. The van der Waals surface area contributed by atoms with Crippen molar-refractivity contribution < 1.29 is 4.74 Å². The van der Waals surface area contributed by atoms with Gasteiger partial charge in [0, 0.05) is 16.5 Å². The van der Waals surface area contributed by atoms with E-state index in [1.165, 1.54) is 19.3 Å². The van der Waals surface area contributed by atoms with Crippen molar-refractivity contribution in [3.8, 4) is 17.1 Å². The first kappa shape index (κ1) is 22.2. The molecule has 0 saturated heterocycles. The molecule has 9 heteroatoms. The molecule has 33 heavy (non-hydrogen) atoms. The number of aromatic nitrogens is 5. The standard InChI is InChI=1S/C24H27N5O2S2/c1-14-15(2)33-23-20(14)22(30)25-19(26-23)13-32-24-28-27-21(16-9-11-18(31-3)12-10-16)29(24)17-7-5-4-6-8-17/h9-12,17H,4-8,13H2,1-3H3,(H,25,26,30). The van der Waals surface area contributed by atoms with Crippen LogP contribution < -0.4 is 10.3 Å². The quantitative estimate of drug-likeness (QED) is 0.357. The molecule has 1 N–H and O–H groups in total. The Kier molecular flexibility index (Phi) is 6.25. The van der Waals surface area contributed by atoms with Gasteiger partial charge in [-0.3, -0.25) is 9.36 Å². The molecule has 1 aliphatic rings. The van der Waals surface area contributed by atoms with Crippen molar-refractivity contribution in [1.82, 2.24) is 24.7 Å². The number of thiophene rings is 1. The van der Waals surface area contributed by atoms with Crippen LogP contribution in [-0.4, -0.2) is 31.8 Å². The van der Waals surface area contributed by atoms with Crippen molar-refractivity contribution in [2.24, 2.45) is 0 Å². The zero-order valence-electron chi connectivity index (χ0n) is 19.1. The summed E-state index contributed by atoms with van der Waals surface area (Å²) in [7, 11) is 1.67. The number of nitrogens with one attached hydrogen (secondary N) is 1. The van der Waals surface area contributed by atoms with Gasteiger partial charge in [-0.1, -0.05) is 31.0 Å². The molecule has 0 spiro atoms. The molecule has 4 aromatic rings. The molecule has 0 bridgehead atoms. The van der Waals surface area contributed by atoms with Crippen molar-refractivity contribution in [2.75, 3.05) is 7.11 Å². The van der Waals surface area contributed by atoms with Crippen LogP contribution >= 0.6 is 23.1 Å². The number of hydrogen-bond donors (Lipinski definition) is 1. The SMILES string of the molecule is COc1ccc(-c2nnc(SCc3nc4sc(C)c(C)c4c(=O)[nH]3)n2C2CCCCC2)cc1. The lowest BCUT2D eigenvalue weighted by molar-refractivity contribution is 0.339. The van der Waals surface area contributed by atoms with Gasteiger partial charge in [0.15, 0.2) is 11.0 Å². The van der Waals surface area contributed by atoms with E-state index in [9.17, 15) is 4.79 Å². The van der Waals surface area contributed by atoms with Crippen LogP contribution in [0.3, 0.4) is 0 Å². The number of thioether (sulfide) groups is 1. The number of aryl methyl sites for hydroxylation is 2. The van der Waals surface area contributed by atoms with Crippen LogP contribution in [0.2, 0.25) is 0 Å². The maximum atomic E-state index is 12.7. The number of fused-ring (bicyclic) bond motifs is 1. The average molecular weight is 482 g/mol. The Balaban J connectivity index is 1.47. The van der Waals surface area contributed by atoms with Gasteiger partial charge in [0.2, 0.25) is 0 Å².